The van der Waals surface area contributed by atoms with Gasteiger partial charge in [0.2, 0.25) is 0 Å². The van der Waals surface area contributed by atoms with Crippen molar-refractivity contribution in [1.82, 2.24) is 0 Å². The van der Waals surface area contributed by atoms with Crippen LogP contribution in [0.3, 0.4) is 0 Å². The maximum atomic E-state index is 14.6. The number of carbonyl (C=O) groups is 2. The minimum Gasteiger partial charge on any atom is -0.469 e. The van der Waals surface area contributed by atoms with Gasteiger partial charge in [0.15, 0.2) is 0 Å². The molecule has 0 heterocycles. The highest BCUT2D eigenvalue weighted by molar-refractivity contribution is 5.93. The predicted molar refractivity (Wildman–Crippen MR) is 164 cm³/mol. The molecule has 0 aliphatic heterocycles. The molecule has 3 aromatic carbocycles. The zero-order valence-electron chi connectivity index (χ0n) is 24.9. The summed E-state index contributed by atoms with van der Waals surface area (Å²) in [7, 11) is 1.51. The van der Waals surface area contributed by atoms with Gasteiger partial charge in [-0.1, -0.05) is 110 Å². The molecule has 0 bridgehead atoms. The number of rotatable bonds is 6. The Labute approximate surface area is 249 Å². The summed E-state index contributed by atoms with van der Waals surface area (Å²) in [6, 6.07) is 29.9. The van der Waals surface area contributed by atoms with Gasteiger partial charge in [-0.05, 0) is 78.7 Å². The van der Waals surface area contributed by atoms with Crippen LogP contribution in [0.1, 0.15) is 75.5 Å². The first-order valence-corrected chi connectivity index (χ1v) is 15.2. The molecule has 0 saturated heterocycles. The van der Waals surface area contributed by atoms with E-state index in [1.54, 1.807) is 0 Å². The van der Waals surface area contributed by atoms with E-state index in [0.29, 0.717) is 6.42 Å². The average Bonchev–Trinajstić information content (AvgIpc) is 3.02. The quantitative estimate of drug-likeness (QED) is 0.225. The number of methoxy groups -OCH3 is 1. The van der Waals surface area contributed by atoms with Crippen LogP contribution in [0, 0.1) is 16.7 Å². The van der Waals surface area contributed by atoms with E-state index in [2.05, 4.69) is 19.9 Å². The third-order valence-electron chi connectivity index (χ3n) is 10.5. The molecule has 6 rings (SSSR count). The van der Waals surface area contributed by atoms with Crippen LogP contribution in [0.25, 0.3) is 0 Å². The molecule has 1 fully saturated rings. The monoisotopic (exact) mass is 560 g/mol. The van der Waals surface area contributed by atoms with E-state index >= 15 is 0 Å². The van der Waals surface area contributed by atoms with Gasteiger partial charge in [0.05, 0.1) is 12.5 Å². The molecule has 3 aromatic rings. The number of ether oxygens (including phenoxy) is 2. The van der Waals surface area contributed by atoms with E-state index < -0.39 is 10.8 Å². The second-order valence-electron chi connectivity index (χ2n) is 12.6. The van der Waals surface area contributed by atoms with Gasteiger partial charge >= 0.3 is 11.9 Å². The summed E-state index contributed by atoms with van der Waals surface area (Å²) in [4.78, 5) is 27.6. The molecule has 0 spiro atoms. The number of benzene rings is 3. The molecule has 0 aromatic heterocycles. The van der Waals surface area contributed by atoms with Gasteiger partial charge in [0.1, 0.15) is 11.2 Å². The van der Waals surface area contributed by atoms with E-state index in [-0.39, 0.29) is 23.3 Å². The van der Waals surface area contributed by atoms with Crippen molar-refractivity contribution < 1.29 is 19.1 Å². The third-order valence-corrected chi connectivity index (χ3v) is 10.5. The molecule has 0 N–H and O–H groups in total. The van der Waals surface area contributed by atoms with Crippen LogP contribution in [-0.4, -0.2) is 19.0 Å². The lowest BCUT2D eigenvalue weighted by Gasteiger charge is -2.55. The van der Waals surface area contributed by atoms with E-state index in [1.807, 2.05) is 91.0 Å². The molecule has 4 nitrogen and oxygen atoms in total. The molecule has 3 atom stereocenters. The molecule has 0 amide bonds. The van der Waals surface area contributed by atoms with Crippen molar-refractivity contribution in [3.05, 3.63) is 131 Å². The second-order valence-corrected chi connectivity index (χ2v) is 12.6. The van der Waals surface area contributed by atoms with Crippen LogP contribution in [0.15, 0.2) is 114 Å². The lowest BCUT2D eigenvalue weighted by molar-refractivity contribution is -0.163. The normalized spacial score (nSPS) is 25.5. The molecular weight excluding hydrogens is 520 g/mol. The molecule has 4 heteroatoms. The van der Waals surface area contributed by atoms with Crippen molar-refractivity contribution in [1.29, 1.82) is 0 Å². The predicted octanol–water partition coefficient (Wildman–Crippen LogP) is 8.32. The highest BCUT2D eigenvalue weighted by atomic mass is 16.5. The van der Waals surface area contributed by atoms with Gasteiger partial charge in [-0.3, -0.25) is 4.79 Å². The zero-order chi connectivity index (χ0) is 29.4. The van der Waals surface area contributed by atoms with Crippen molar-refractivity contribution in [2.75, 3.05) is 7.11 Å². The van der Waals surface area contributed by atoms with Crippen molar-refractivity contribution in [3.63, 3.8) is 0 Å². The highest BCUT2D eigenvalue weighted by Gasteiger charge is 2.56. The summed E-state index contributed by atoms with van der Waals surface area (Å²) in [6.07, 6.45) is 8.41. The molecule has 42 heavy (non-hydrogen) atoms. The Morgan fingerprint density at radius 1 is 0.762 bits per heavy atom. The van der Waals surface area contributed by atoms with E-state index in [4.69, 9.17) is 9.47 Å². The van der Waals surface area contributed by atoms with Crippen LogP contribution in [0.2, 0.25) is 0 Å². The van der Waals surface area contributed by atoms with Gasteiger partial charge in [-0.15, -0.1) is 0 Å². The number of allylic oxidation sites excluding steroid dienone is 4. The van der Waals surface area contributed by atoms with Crippen LogP contribution < -0.4 is 0 Å². The Bertz CT molecular complexity index is 1420. The highest BCUT2D eigenvalue weighted by Crippen LogP contribution is 2.61. The first-order valence-electron chi connectivity index (χ1n) is 15.2. The van der Waals surface area contributed by atoms with Crippen LogP contribution in [0.4, 0.5) is 0 Å². The third kappa shape index (κ3) is 4.43. The molecule has 0 radical (unpaired) electrons. The summed E-state index contributed by atoms with van der Waals surface area (Å²) in [5, 5.41) is 0. The Morgan fingerprint density at radius 3 is 1.83 bits per heavy atom. The molecular formula is C38H40O4. The minimum absolute atomic E-state index is 0.0529. The average molecular weight is 561 g/mol. The van der Waals surface area contributed by atoms with Crippen LogP contribution >= 0.6 is 0 Å². The van der Waals surface area contributed by atoms with Crippen molar-refractivity contribution in [2.45, 2.75) is 64.2 Å². The van der Waals surface area contributed by atoms with E-state index in [0.717, 1.165) is 61.0 Å². The number of fused-ring (bicyclic) bond motifs is 2. The fourth-order valence-corrected chi connectivity index (χ4v) is 8.48. The maximum Gasteiger partial charge on any atom is 0.330 e. The first kappa shape index (κ1) is 28.2. The largest absolute Gasteiger partial charge is 0.469 e. The molecule has 1 saturated carbocycles. The maximum absolute atomic E-state index is 14.6. The van der Waals surface area contributed by atoms with E-state index in [9.17, 15) is 9.59 Å². The molecule has 3 aliphatic rings. The van der Waals surface area contributed by atoms with Crippen molar-refractivity contribution in [3.8, 4) is 0 Å². The summed E-state index contributed by atoms with van der Waals surface area (Å²) in [6.45, 7) is 4.46. The van der Waals surface area contributed by atoms with Gasteiger partial charge in [0, 0.05) is 6.42 Å². The summed E-state index contributed by atoms with van der Waals surface area (Å²) >= 11 is 0. The van der Waals surface area contributed by atoms with Gasteiger partial charge < -0.3 is 9.47 Å². The van der Waals surface area contributed by atoms with Crippen LogP contribution in [-0.2, 0) is 24.5 Å². The summed E-state index contributed by atoms with van der Waals surface area (Å²) in [5.41, 5.74) is 3.72. The fourth-order valence-electron chi connectivity index (χ4n) is 8.48. The smallest absolute Gasteiger partial charge is 0.330 e. The summed E-state index contributed by atoms with van der Waals surface area (Å²) in [5.74, 6) is 0.601. The van der Waals surface area contributed by atoms with E-state index in [1.165, 1.54) is 18.3 Å². The number of esters is 2. The Balaban J connectivity index is 1.39. The number of hydrogen-bond acceptors (Lipinski definition) is 4. The van der Waals surface area contributed by atoms with Crippen LogP contribution in [0.5, 0.6) is 0 Å². The molecule has 0 unspecified atom stereocenters. The first-order chi connectivity index (χ1) is 20.3. The fraction of sp³-hybridized carbons (Fsp3) is 0.368. The van der Waals surface area contributed by atoms with Crippen molar-refractivity contribution in [2.24, 2.45) is 16.7 Å². The number of carbonyl (C=O) groups excluding carboxylic acids is 2. The standard InChI is InChI=1S/C38H40O4/c1-36-24-13-25-37(2,34(39)41-3)33(36)23-20-27-26-31(21-22-32(27)36)42-35(40)38(28-14-7-4-8-15-28,29-16-9-5-10-17-29)30-18-11-6-12-19-30/h4-12,14-19,26,33H,13,20-25H2,1-3H3/t33-,36-,37-/m1/s1. The lowest BCUT2D eigenvalue weighted by Crippen LogP contribution is -2.51. The lowest BCUT2D eigenvalue weighted by atomic mass is 9.49. The minimum atomic E-state index is -1.12. The number of hydrogen-bond donors (Lipinski definition) is 0. The van der Waals surface area contributed by atoms with Gasteiger partial charge in [-0.2, -0.15) is 0 Å². The van der Waals surface area contributed by atoms with Gasteiger partial charge in [-0.25, -0.2) is 4.79 Å². The SMILES string of the molecule is COC(=O)[C@]1(C)CCC[C@]2(C)C3=C(C=C(OC(=O)C(c4ccccc4)(c4ccccc4)c4ccccc4)CC3)CC[C@@H]12. The summed E-state index contributed by atoms with van der Waals surface area (Å²) < 4.78 is 11.7. The second kappa shape index (κ2) is 11.1. The van der Waals surface area contributed by atoms with Crippen molar-refractivity contribution >= 4 is 11.9 Å². The zero-order valence-corrected chi connectivity index (χ0v) is 24.9. The Hall–Kier alpha value is -3.92. The topological polar surface area (TPSA) is 52.6 Å². The molecule has 216 valence electrons. The molecule has 3 aliphatic carbocycles. The van der Waals surface area contributed by atoms with Gasteiger partial charge in [0.25, 0.3) is 0 Å². The Kier molecular flexibility index (Phi) is 7.43. The Morgan fingerprint density at radius 2 is 1.31 bits per heavy atom.